The Morgan fingerprint density at radius 1 is 1.11 bits per heavy atom. The van der Waals surface area contributed by atoms with Crippen LogP contribution in [0.15, 0.2) is 53.6 Å². The second-order valence-corrected chi connectivity index (χ2v) is 7.33. The smallest absolute Gasteiger partial charge is 0.255 e. The van der Waals surface area contributed by atoms with Crippen LogP contribution in [-0.2, 0) is 11.3 Å². The van der Waals surface area contributed by atoms with E-state index in [0.717, 1.165) is 48.6 Å². The quantitative estimate of drug-likeness (QED) is 0.866. The van der Waals surface area contributed by atoms with Crippen molar-refractivity contribution in [2.75, 3.05) is 23.4 Å². The van der Waals surface area contributed by atoms with E-state index in [1.54, 1.807) is 0 Å². The first-order valence-corrected chi connectivity index (χ1v) is 9.68. The van der Waals surface area contributed by atoms with Crippen molar-refractivity contribution in [3.8, 4) is 0 Å². The zero-order valence-electron chi connectivity index (χ0n) is 16.0. The maximum atomic E-state index is 12.6. The number of hydrogen-bond acceptors (Lipinski definition) is 4. The van der Waals surface area contributed by atoms with Crippen LogP contribution >= 0.6 is 0 Å². The molecule has 6 nitrogen and oxygen atoms in total. The molecule has 4 rings (SSSR count). The summed E-state index contributed by atoms with van der Waals surface area (Å²) in [6, 6.07) is 15.2. The van der Waals surface area contributed by atoms with Crippen LogP contribution in [0.25, 0.3) is 0 Å². The van der Waals surface area contributed by atoms with Gasteiger partial charge in [0.2, 0.25) is 5.91 Å². The molecule has 0 aliphatic carbocycles. The molecule has 2 aliphatic rings. The fourth-order valence-electron chi connectivity index (χ4n) is 3.59. The topological polar surface area (TPSA) is 65.0 Å². The zero-order chi connectivity index (χ0) is 19.5. The third-order valence-electron chi connectivity index (χ3n) is 5.13. The second-order valence-electron chi connectivity index (χ2n) is 7.33. The summed E-state index contributed by atoms with van der Waals surface area (Å²) in [4.78, 5) is 26.3. The molecule has 2 aromatic carbocycles. The van der Waals surface area contributed by atoms with Crippen LogP contribution in [0.4, 0.5) is 11.4 Å². The summed E-state index contributed by atoms with van der Waals surface area (Å²) in [7, 11) is 0. The molecule has 2 aliphatic heterocycles. The van der Waals surface area contributed by atoms with Gasteiger partial charge in [0, 0.05) is 49.4 Å². The van der Waals surface area contributed by atoms with Gasteiger partial charge in [-0.05, 0) is 55.3 Å². The Morgan fingerprint density at radius 3 is 2.61 bits per heavy atom. The Kier molecular flexibility index (Phi) is 5.10. The van der Waals surface area contributed by atoms with Crippen molar-refractivity contribution < 1.29 is 9.59 Å². The monoisotopic (exact) mass is 376 g/mol. The molecule has 0 aromatic heterocycles. The fraction of sp³-hybridized carbons (Fsp3) is 0.318. The average Bonchev–Trinajstić information content (AvgIpc) is 3.31. The van der Waals surface area contributed by atoms with Crippen LogP contribution in [0.5, 0.6) is 0 Å². The van der Waals surface area contributed by atoms with Crippen LogP contribution in [0, 0.1) is 0 Å². The van der Waals surface area contributed by atoms with Gasteiger partial charge in [-0.2, -0.15) is 5.10 Å². The molecule has 1 N–H and O–H groups in total. The Labute approximate surface area is 164 Å². The number of likely N-dealkylation sites (tertiary alicyclic amines) is 1. The lowest BCUT2D eigenvalue weighted by molar-refractivity contribution is -0.128. The predicted molar refractivity (Wildman–Crippen MR) is 111 cm³/mol. The molecule has 2 aromatic rings. The van der Waals surface area contributed by atoms with Gasteiger partial charge in [0.25, 0.3) is 5.91 Å². The fourth-order valence-corrected chi connectivity index (χ4v) is 3.59. The van der Waals surface area contributed by atoms with Gasteiger partial charge >= 0.3 is 0 Å². The first-order chi connectivity index (χ1) is 13.6. The van der Waals surface area contributed by atoms with Crippen LogP contribution < -0.4 is 10.3 Å². The molecule has 0 radical (unpaired) electrons. The Balaban J connectivity index is 1.40. The molecule has 0 atom stereocenters. The molecular weight excluding hydrogens is 352 g/mol. The minimum Gasteiger partial charge on any atom is -0.338 e. The number of hydrazone groups is 1. The van der Waals surface area contributed by atoms with Crippen molar-refractivity contribution in [1.82, 2.24) is 4.90 Å². The molecular formula is C22H24N4O2. The van der Waals surface area contributed by atoms with Crippen molar-refractivity contribution in [3.05, 3.63) is 59.7 Å². The van der Waals surface area contributed by atoms with Crippen LogP contribution in [0.3, 0.4) is 0 Å². The van der Waals surface area contributed by atoms with E-state index in [4.69, 9.17) is 0 Å². The highest BCUT2D eigenvalue weighted by Crippen LogP contribution is 2.21. The molecule has 2 heterocycles. The molecule has 28 heavy (non-hydrogen) atoms. The highest BCUT2D eigenvalue weighted by atomic mass is 16.2. The minimum atomic E-state index is -0.151. The first-order valence-electron chi connectivity index (χ1n) is 9.68. The van der Waals surface area contributed by atoms with Gasteiger partial charge in [-0.1, -0.05) is 12.1 Å². The van der Waals surface area contributed by atoms with Crippen molar-refractivity contribution in [2.45, 2.75) is 32.7 Å². The lowest BCUT2D eigenvalue weighted by Gasteiger charge is -2.16. The lowest BCUT2D eigenvalue weighted by atomic mass is 10.1. The number of nitrogens with zero attached hydrogens (tertiary/aromatic N) is 3. The van der Waals surface area contributed by atoms with E-state index in [0.29, 0.717) is 18.5 Å². The SMILES string of the molecule is CC1=NN(c2ccc(C(=O)Nc3cccc(CN4CCCC4=O)c3)cc2)CC1. The Bertz CT molecular complexity index is 920. The van der Waals surface area contributed by atoms with Crippen LogP contribution in [-0.4, -0.2) is 35.5 Å². The molecule has 0 unspecified atom stereocenters. The number of nitrogens with one attached hydrogen (secondary N) is 1. The number of hydrogen-bond donors (Lipinski definition) is 1. The van der Waals surface area contributed by atoms with Crippen molar-refractivity contribution in [2.24, 2.45) is 5.10 Å². The van der Waals surface area contributed by atoms with Gasteiger partial charge in [0.1, 0.15) is 0 Å². The Hall–Kier alpha value is -3.15. The zero-order valence-corrected chi connectivity index (χ0v) is 16.0. The van der Waals surface area contributed by atoms with Crippen molar-refractivity contribution in [3.63, 3.8) is 0 Å². The Morgan fingerprint density at radius 2 is 1.93 bits per heavy atom. The summed E-state index contributed by atoms with van der Waals surface area (Å²) in [5, 5.41) is 9.39. The maximum Gasteiger partial charge on any atom is 0.255 e. The number of anilines is 2. The van der Waals surface area contributed by atoms with Gasteiger partial charge in [-0.15, -0.1) is 0 Å². The molecule has 0 saturated carbocycles. The third-order valence-corrected chi connectivity index (χ3v) is 5.13. The molecule has 0 bridgehead atoms. The molecule has 144 valence electrons. The number of amides is 2. The lowest BCUT2D eigenvalue weighted by Crippen LogP contribution is -2.23. The summed E-state index contributed by atoms with van der Waals surface area (Å²) in [6.07, 6.45) is 2.53. The van der Waals surface area contributed by atoms with Crippen molar-refractivity contribution in [1.29, 1.82) is 0 Å². The standard InChI is InChI=1S/C22H24N4O2/c1-16-11-13-26(24-16)20-9-7-18(8-10-20)22(28)23-19-5-2-4-17(14-19)15-25-12-3-6-21(25)27/h2,4-5,7-10,14H,3,6,11-13,15H2,1H3,(H,23,28). The van der Waals surface area contributed by atoms with Crippen molar-refractivity contribution >= 4 is 28.9 Å². The van der Waals surface area contributed by atoms with Gasteiger partial charge in [0.05, 0.1) is 5.69 Å². The number of benzene rings is 2. The van der Waals surface area contributed by atoms with Crippen LogP contribution in [0.1, 0.15) is 42.1 Å². The van der Waals surface area contributed by atoms with Crippen LogP contribution in [0.2, 0.25) is 0 Å². The third kappa shape index (κ3) is 4.06. The highest BCUT2D eigenvalue weighted by molar-refractivity contribution is 6.04. The largest absolute Gasteiger partial charge is 0.338 e. The first kappa shape index (κ1) is 18.2. The van der Waals surface area contributed by atoms with E-state index in [9.17, 15) is 9.59 Å². The van der Waals surface area contributed by atoms with E-state index in [1.807, 2.05) is 65.4 Å². The maximum absolute atomic E-state index is 12.6. The molecule has 2 amide bonds. The number of carbonyl (C=O) groups excluding carboxylic acids is 2. The molecule has 6 heteroatoms. The van der Waals surface area contributed by atoms with E-state index in [2.05, 4.69) is 10.4 Å². The molecule has 1 fully saturated rings. The summed E-state index contributed by atoms with van der Waals surface area (Å²) in [5.74, 6) is 0.0501. The highest BCUT2D eigenvalue weighted by Gasteiger charge is 2.20. The minimum absolute atomic E-state index is 0.151. The summed E-state index contributed by atoms with van der Waals surface area (Å²) < 4.78 is 0. The summed E-state index contributed by atoms with van der Waals surface area (Å²) >= 11 is 0. The average molecular weight is 376 g/mol. The van der Waals surface area contributed by atoms with E-state index in [-0.39, 0.29) is 11.8 Å². The number of rotatable bonds is 5. The summed E-state index contributed by atoms with van der Waals surface area (Å²) in [6.45, 7) is 4.30. The normalized spacial score (nSPS) is 16.5. The molecule has 0 spiro atoms. The van der Waals surface area contributed by atoms with Gasteiger partial charge in [0.15, 0.2) is 0 Å². The van der Waals surface area contributed by atoms with Gasteiger partial charge in [-0.25, -0.2) is 0 Å². The van der Waals surface area contributed by atoms with E-state index < -0.39 is 0 Å². The van der Waals surface area contributed by atoms with E-state index >= 15 is 0 Å². The molecule has 1 saturated heterocycles. The van der Waals surface area contributed by atoms with Gasteiger partial charge < -0.3 is 10.2 Å². The second kappa shape index (κ2) is 7.84. The van der Waals surface area contributed by atoms with Gasteiger partial charge in [-0.3, -0.25) is 14.6 Å². The predicted octanol–water partition coefficient (Wildman–Crippen LogP) is 3.65. The van der Waals surface area contributed by atoms with E-state index in [1.165, 1.54) is 0 Å². The number of carbonyl (C=O) groups is 2. The summed E-state index contributed by atoms with van der Waals surface area (Å²) in [5.41, 5.74) is 4.47.